The molecule has 6 heteroatoms. The average molecular weight is 193 g/mol. The van der Waals surface area contributed by atoms with E-state index in [1.54, 1.807) is 0 Å². The van der Waals surface area contributed by atoms with Gasteiger partial charge in [-0.1, -0.05) is 0 Å². The predicted octanol–water partition coefficient (Wildman–Crippen LogP) is 0.775. The number of anilines is 2. The van der Waals surface area contributed by atoms with Crippen molar-refractivity contribution in [2.24, 2.45) is 0 Å². The van der Waals surface area contributed by atoms with Gasteiger partial charge in [-0.15, -0.1) is 5.10 Å². The fraction of sp³-hybridized carbons (Fsp3) is 0. The Hall–Kier alpha value is -2.11. The topological polar surface area (TPSA) is 93.6 Å². The molecule has 0 amide bonds. The summed E-state index contributed by atoms with van der Waals surface area (Å²) in [7, 11) is 0. The first-order valence-electron chi connectivity index (χ1n) is 3.90. The Kier molecular flexibility index (Phi) is 1.81. The molecule has 0 atom stereocenters. The summed E-state index contributed by atoms with van der Waals surface area (Å²) in [5, 5.41) is 6.24. The van der Waals surface area contributed by atoms with Crippen molar-refractivity contribution in [3.8, 4) is 11.4 Å². The van der Waals surface area contributed by atoms with E-state index in [1.165, 1.54) is 18.2 Å². The van der Waals surface area contributed by atoms with Gasteiger partial charge >= 0.3 is 0 Å². The van der Waals surface area contributed by atoms with Crippen LogP contribution in [0.2, 0.25) is 0 Å². The fourth-order valence-electron chi connectivity index (χ4n) is 1.14. The molecule has 0 saturated carbocycles. The molecule has 1 aromatic carbocycles. The van der Waals surface area contributed by atoms with E-state index < -0.39 is 5.82 Å². The lowest BCUT2D eigenvalue weighted by Crippen LogP contribution is -1.92. The lowest BCUT2D eigenvalue weighted by molar-refractivity contribution is 0.628. The molecule has 72 valence electrons. The number of nitrogens with zero attached hydrogens (tertiary/aromatic N) is 2. The summed E-state index contributed by atoms with van der Waals surface area (Å²) in [4.78, 5) is 3.88. The summed E-state index contributed by atoms with van der Waals surface area (Å²) in [5.41, 5.74) is 11.8. The fourth-order valence-corrected chi connectivity index (χ4v) is 1.14. The van der Waals surface area contributed by atoms with E-state index >= 15 is 0 Å². The number of hydrogen-bond acceptors (Lipinski definition) is 4. The van der Waals surface area contributed by atoms with Crippen LogP contribution in [-0.2, 0) is 0 Å². The van der Waals surface area contributed by atoms with E-state index in [-0.39, 0.29) is 5.95 Å². The second-order valence-corrected chi connectivity index (χ2v) is 2.77. The number of aromatic nitrogens is 3. The summed E-state index contributed by atoms with van der Waals surface area (Å²) in [5.74, 6) is 0.169. The third-order valence-electron chi connectivity index (χ3n) is 1.77. The first-order chi connectivity index (χ1) is 6.66. The van der Waals surface area contributed by atoms with E-state index in [4.69, 9.17) is 11.5 Å². The molecular weight excluding hydrogens is 185 g/mol. The monoisotopic (exact) mass is 193 g/mol. The lowest BCUT2D eigenvalue weighted by atomic mass is 10.1. The zero-order chi connectivity index (χ0) is 10.1. The minimum atomic E-state index is -0.390. The van der Waals surface area contributed by atoms with Gasteiger partial charge in [-0.25, -0.2) is 4.39 Å². The van der Waals surface area contributed by atoms with Crippen molar-refractivity contribution in [2.75, 3.05) is 11.5 Å². The Morgan fingerprint density at radius 3 is 2.64 bits per heavy atom. The highest BCUT2D eigenvalue weighted by atomic mass is 19.1. The van der Waals surface area contributed by atoms with Gasteiger partial charge in [0.05, 0.1) is 0 Å². The van der Waals surface area contributed by atoms with Gasteiger partial charge < -0.3 is 11.5 Å². The number of nitrogens with one attached hydrogen (secondary N) is 1. The summed E-state index contributed by atoms with van der Waals surface area (Å²) in [6.07, 6.45) is 0. The third-order valence-corrected chi connectivity index (χ3v) is 1.77. The zero-order valence-electron chi connectivity index (χ0n) is 7.16. The van der Waals surface area contributed by atoms with Crippen molar-refractivity contribution in [2.45, 2.75) is 0 Å². The van der Waals surface area contributed by atoms with Gasteiger partial charge in [-0.2, -0.15) is 4.98 Å². The standard InChI is InChI=1S/C8H8FN5/c9-4-1-2-5(6(10)3-4)7-12-8(11)14-13-7/h1-3H,10H2,(H3,11,12,13,14). The number of benzene rings is 1. The third kappa shape index (κ3) is 1.37. The van der Waals surface area contributed by atoms with Gasteiger partial charge in [0.25, 0.3) is 0 Å². The van der Waals surface area contributed by atoms with Crippen LogP contribution in [0.15, 0.2) is 18.2 Å². The number of rotatable bonds is 1. The molecule has 0 unspecified atom stereocenters. The number of nitrogens with two attached hydrogens (primary N) is 2. The molecule has 1 aromatic heterocycles. The maximum Gasteiger partial charge on any atom is 0.239 e. The minimum absolute atomic E-state index is 0.128. The highest BCUT2D eigenvalue weighted by Crippen LogP contribution is 2.23. The number of nitrogen functional groups attached to an aromatic ring is 2. The van der Waals surface area contributed by atoms with E-state index in [0.29, 0.717) is 17.1 Å². The number of H-pyrrole nitrogens is 1. The Morgan fingerprint density at radius 1 is 1.29 bits per heavy atom. The van der Waals surface area contributed by atoms with Crippen LogP contribution >= 0.6 is 0 Å². The Labute approximate surface area is 79.0 Å². The minimum Gasteiger partial charge on any atom is -0.398 e. The molecule has 2 aromatic rings. The van der Waals surface area contributed by atoms with Gasteiger partial charge in [-0.3, -0.25) is 5.10 Å². The van der Waals surface area contributed by atoms with Gasteiger partial charge in [0.15, 0.2) is 5.82 Å². The highest BCUT2D eigenvalue weighted by molar-refractivity contribution is 5.71. The lowest BCUT2D eigenvalue weighted by Gasteiger charge is -2.00. The van der Waals surface area contributed by atoms with Gasteiger partial charge in [-0.05, 0) is 18.2 Å². The summed E-state index contributed by atoms with van der Waals surface area (Å²) in [6.45, 7) is 0. The molecule has 0 saturated heterocycles. The van der Waals surface area contributed by atoms with Crippen molar-refractivity contribution in [1.82, 2.24) is 15.2 Å². The summed E-state index contributed by atoms with van der Waals surface area (Å²) < 4.78 is 12.7. The quantitative estimate of drug-likeness (QED) is 0.583. The van der Waals surface area contributed by atoms with Crippen LogP contribution < -0.4 is 11.5 Å². The summed E-state index contributed by atoms with van der Waals surface area (Å²) in [6, 6.07) is 4.03. The SMILES string of the molecule is Nc1n[nH]c(-c2ccc(F)cc2N)n1. The molecule has 0 spiro atoms. The normalized spacial score (nSPS) is 10.4. The highest BCUT2D eigenvalue weighted by Gasteiger charge is 2.07. The van der Waals surface area contributed by atoms with Crippen molar-refractivity contribution < 1.29 is 4.39 Å². The number of aromatic amines is 1. The molecule has 0 bridgehead atoms. The average Bonchev–Trinajstić information content (AvgIpc) is 2.51. The zero-order valence-corrected chi connectivity index (χ0v) is 7.16. The summed E-state index contributed by atoms with van der Waals surface area (Å²) >= 11 is 0. The molecule has 1 heterocycles. The molecule has 5 nitrogen and oxygen atoms in total. The van der Waals surface area contributed by atoms with Crippen LogP contribution in [0, 0.1) is 5.82 Å². The van der Waals surface area contributed by atoms with Crippen LogP contribution in [-0.4, -0.2) is 15.2 Å². The molecule has 0 aliphatic carbocycles. The van der Waals surface area contributed by atoms with Crippen LogP contribution in [0.3, 0.4) is 0 Å². The van der Waals surface area contributed by atoms with Crippen molar-refractivity contribution in [3.63, 3.8) is 0 Å². The second kappa shape index (κ2) is 2.99. The molecule has 5 N–H and O–H groups in total. The Morgan fingerprint density at radius 2 is 2.07 bits per heavy atom. The Bertz CT molecular complexity index is 465. The molecule has 2 rings (SSSR count). The molecule has 0 radical (unpaired) electrons. The molecule has 0 aliphatic rings. The molecule has 0 aliphatic heterocycles. The molecule has 14 heavy (non-hydrogen) atoms. The van der Waals surface area contributed by atoms with Gasteiger partial charge in [0.2, 0.25) is 5.95 Å². The van der Waals surface area contributed by atoms with Crippen molar-refractivity contribution in [1.29, 1.82) is 0 Å². The van der Waals surface area contributed by atoms with Crippen LogP contribution in [0.5, 0.6) is 0 Å². The molecule has 0 fully saturated rings. The number of halogens is 1. The predicted molar refractivity (Wildman–Crippen MR) is 50.6 cm³/mol. The van der Waals surface area contributed by atoms with Crippen molar-refractivity contribution in [3.05, 3.63) is 24.0 Å². The number of hydrogen-bond donors (Lipinski definition) is 3. The smallest absolute Gasteiger partial charge is 0.239 e. The maximum absolute atomic E-state index is 12.7. The van der Waals surface area contributed by atoms with Crippen molar-refractivity contribution >= 4 is 11.6 Å². The Balaban J connectivity index is 2.52. The maximum atomic E-state index is 12.7. The van der Waals surface area contributed by atoms with Gasteiger partial charge in [0.1, 0.15) is 5.82 Å². The largest absolute Gasteiger partial charge is 0.398 e. The molecular formula is C8H8FN5. The van der Waals surface area contributed by atoms with Crippen LogP contribution in [0.25, 0.3) is 11.4 Å². The van der Waals surface area contributed by atoms with E-state index in [1.807, 2.05) is 0 Å². The van der Waals surface area contributed by atoms with E-state index in [0.717, 1.165) is 0 Å². The van der Waals surface area contributed by atoms with Crippen LogP contribution in [0.1, 0.15) is 0 Å². The second-order valence-electron chi connectivity index (χ2n) is 2.77. The van der Waals surface area contributed by atoms with Gasteiger partial charge in [0, 0.05) is 11.3 Å². The first-order valence-corrected chi connectivity index (χ1v) is 3.90. The van der Waals surface area contributed by atoms with Crippen LogP contribution in [0.4, 0.5) is 16.0 Å². The van der Waals surface area contributed by atoms with E-state index in [2.05, 4.69) is 15.2 Å². The first kappa shape index (κ1) is 8.49. The van der Waals surface area contributed by atoms with E-state index in [9.17, 15) is 4.39 Å².